The summed E-state index contributed by atoms with van der Waals surface area (Å²) in [4.78, 5) is 4.32. The van der Waals surface area contributed by atoms with Crippen molar-refractivity contribution in [1.29, 1.82) is 0 Å². The van der Waals surface area contributed by atoms with E-state index in [2.05, 4.69) is 46.1 Å². The van der Waals surface area contributed by atoms with E-state index < -0.39 is 0 Å². The summed E-state index contributed by atoms with van der Waals surface area (Å²) in [6.45, 7) is 2.57. The van der Waals surface area contributed by atoms with Gasteiger partial charge in [0, 0.05) is 37.0 Å². The van der Waals surface area contributed by atoms with E-state index in [0.29, 0.717) is 6.61 Å². The third-order valence-corrected chi connectivity index (χ3v) is 3.97. The van der Waals surface area contributed by atoms with Gasteiger partial charge < -0.3 is 9.30 Å². The van der Waals surface area contributed by atoms with Crippen LogP contribution in [0.1, 0.15) is 18.1 Å². The highest BCUT2D eigenvalue weighted by atomic mass is 16.5. The molecular weight excluding hydrogens is 272 g/mol. The number of hydrogen-bond donors (Lipinski definition) is 0. The lowest BCUT2D eigenvalue weighted by atomic mass is 10.1. The lowest BCUT2D eigenvalue weighted by Crippen LogP contribution is -2.03. The van der Waals surface area contributed by atoms with Crippen LogP contribution >= 0.6 is 0 Å². The first kappa shape index (κ1) is 14.4. The molecule has 22 heavy (non-hydrogen) atoms. The molecule has 0 radical (unpaired) electrons. The molecule has 0 N–H and O–H groups in total. The summed E-state index contributed by atoms with van der Waals surface area (Å²) in [5, 5.41) is 1.12. The van der Waals surface area contributed by atoms with Crippen LogP contribution in [0.3, 0.4) is 0 Å². The summed E-state index contributed by atoms with van der Waals surface area (Å²) in [7, 11) is 3.86. The third kappa shape index (κ3) is 2.62. The molecule has 0 fully saturated rings. The van der Waals surface area contributed by atoms with Crippen LogP contribution in [0.15, 0.2) is 59.7 Å². The molecule has 0 saturated carbocycles. The Bertz CT molecular complexity index is 816. The molecule has 1 aromatic heterocycles. The molecule has 0 aliphatic carbocycles. The van der Waals surface area contributed by atoms with Crippen molar-refractivity contribution >= 4 is 16.6 Å². The Balaban J connectivity index is 2.04. The van der Waals surface area contributed by atoms with Gasteiger partial charge in [-0.15, -0.1) is 0 Å². The van der Waals surface area contributed by atoms with Crippen molar-refractivity contribution in [3.05, 3.63) is 65.9 Å². The first-order valence-electron chi connectivity index (χ1n) is 7.39. The maximum atomic E-state index is 6.18. The van der Waals surface area contributed by atoms with Gasteiger partial charge in [0.2, 0.25) is 0 Å². The summed E-state index contributed by atoms with van der Waals surface area (Å²) in [6, 6.07) is 16.5. The van der Waals surface area contributed by atoms with E-state index in [4.69, 9.17) is 4.74 Å². The maximum absolute atomic E-state index is 6.18. The SMILES string of the molecule is CN=C(C)c1ccc2c(ccn2C)c1OCc1ccccc1. The second kappa shape index (κ2) is 6.06. The second-order valence-corrected chi connectivity index (χ2v) is 5.38. The van der Waals surface area contributed by atoms with E-state index in [1.165, 1.54) is 0 Å². The number of hydrogen-bond acceptors (Lipinski definition) is 2. The molecule has 112 valence electrons. The molecule has 3 nitrogen and oxygen atoms in total. The number of aryl methyl sites for hydroxylation is 1. The molecule has 0 unspecified atom stereocenters. The van der Waals surface area contributed by atoms with Crippen LogP contribution in [0.25, 0.3) is 10.9 Å². The first-order valence-corrected chi connectivity index (χ1v) is 7.39. The van der Waals surface area contributed by atoms with Gasteiger partial charge in [-0.1, -0.05) is 30.3 Å². The molecular formula is C19H20N2O. The van der Waals surface area contributed by atoms with E-state index >= 15 is 0 Å². The summed E-state index contributed by atoms with van der Waals surface area (Å²) in [6.07, 6.45) is 2.06. The summed E-state index contributed by atoms with van der Waals surface area (Å²) in [5.41, 5.74) is 4.36. The monoisotopic (exact) mass is 292 g/mol. The fourth-order valence-electron chi connectivity index (χ4n) is 2.62. The van der Waals surface area contributed by atoms with E-state index in [-0.39, 0.29) is 0 Å². The van der Waals surface area contributed by atoms with Gasteiger partial charge >= 0.3 is 0 Å². The summed E-state index contributed by atoms with van der Waals surface area (Å²) < 4.78 is 8.28. The smallest absolute Gasteiger partial charge is 0.138 e. The van der Waals surface area contributed by atoms with Crippen LogP contribution in [-0.2, 0) is 13.7 Å². The van der Waals surface area contributed by atoms with E-state index in [1.54, 1.807) is 0 Å². The maximum Gasteiger partial charge on any atom is 0.138 e. The van der Waals surface area contributed by atoms with Gasteiger partial charge in [0.15, 0.2) is 0 Å². The van der Waals surface area contributed by atoms with Gasteiger partial charge in [-0.3, -0.25) is 4.99 Å². The Labute approximate surface area is 130 Å². The van der Waals surface area contributed by atoms with Gasteiger partial charge in [-0.2, -0.15) is 0 Å². The van der Waals surface area contributed by atoms with Gasteiger partial charge in [0.25, 0.3) is 0 Å². The Morgan fingerprint density at radius 2 is 1.86 bits per heavy atom. The molecule has 0 amide bonds. The number of nitrogens with zero attached hydrogens (tertiary/aromatic N) is 2. The van der Waals surface area contributed by atoms with Gasteiger partial charge in [0.1, 0.15) is 12.4 Å². The number of aliphatic imine (C=N–C) groups is 1. The number of ether oxygens (including phenoxy) is 1. The largest absolute Gasteiger partial charge is 0.487 e. The normalized spacial score (nSPS) is 11.9. The minimum atomic E-state index is 0.554. The first-order chi connectivity index (χ1) is 10.7. The third-order valence-electron chi connectivity index (χ3n) is 3.97. The molecule has 0 aliphatic heterocycles. The molecule has 0 atom stereocenters. The highest BCUT2D eigenvalue weighted by Crippen LogP contribution is 2.31. The zero-order chi connectivity index (χ0) is 15.5. The predicted octanol–water partition coefficient (Wildman–Crippen LogP) is 4.20. The molecule has 0 aliphatic rings. The van der Waals surface area contributed by atoms with E-state index in [0.717, 1.165) is 33.5 Å². The minimum Gasteiger partial charge on any atom is -0.487 e. The second-order valence-electron chi connectivity index (χ2n) is 5.38. The Morgan fingerprint density at radius 3 is 2.59 bits per heavy atom. The molecule has 0 saturated heterocycles. The van der Waals surface area contributed by atoms with Crippen molar-refractivity contribution in [2.24, 2.45) is 12.0 Å². The van der Waals surface area contributed by atoms with Crippen LogP contribution < -0.4 is 4.74 Å². The molecule has 3 rings (SSSR count). The van der Waals surface area contributed by atoms with Gasteiger partial charge in [-0.25, -0.2) is 0 Å². The van der Waals surface area contributed by atoms with Crippen molar-refractivity contribution in [1.82, 2.24) is 4.57 Å². The Hall–Kier alpha value is -2.55. The van der Waals surface area contributed by atoms with Gasteiger partial charge in [0.05, 0.1) is 5.52 Å². The lowest BCUT2D eigenvalue weighted by Gasteiger charge is -2.13. The average Bonchev–Trinajstić information content (AvgIpc) is 2.94. The predicted molar refractivity (Wildman–Crippen MR) is 91.8 cm³/mol. The quantitative estimate of drug-likeness (QED) is 0.662. The van der Waals surface area contributed by atoms with Crippen LogP contribution in [-0.4, -0.2) is 17.3 Å². The van der Waals surface area contributed by atoms with Crippen LogP contribution in [0.5, 0.6) is 5.75 Å². The van der Waals surface area contributed by atoms with Crippen molar-refractivity contribution < 1.29 is 4.74 Å². The molecule has 0 bridgehead atoms. The van der Waals surface area contributed by atoms with Crippen molar-refractivity contribution in [2.45, 2.75) is 13.5 Å². The van der Waals surface area contributed by atoms with Crippen molar-refractivity contribution in [3.8, 4) is 5.75 Å². The van der Waals surface area contributed by atoms with E-state index in [9.17, 15) is 0 Å². The molecule has 3 heteroatoms. The van der Waals surface area contributed by atoms with E-state index in [1.807, 2.05) is 39.2 Å². The number of fused-ring (bicyclic) bond motifs is 1. The van der Waals surface area contributed by atoms with Crippen LogP contribution in [0.4, 0.5) is 0 Å². The highest BCUT2D eigenvalue weighted by molar-refractivity contribution is 6.06. The topological polar surface area (TPSA) is 26.5 Å². The van der Waals surface area contributed by atoms with Crippen LogP contribution in [0, 0.1) is 0 Å². The number of rotatable bonds is 4. The molecule has 0 spiro atoms. The van der Waals surface area contributed by atoms with Crippen molar-refractivity contribution in [2.75, 3.05) is 7.05 Å². The molecule has 2 aromatic carbocycles. The molecule has 1 heterocycles. The fourth-order valence-corrected chi connectivity index (χ4v) is 2.62. The standard InChI is InChI=1S/C19H20N2O/c1-14(20-2)16-9-10-18-17(11-12-21(18)3)19(16)22-13-15-7-5-4-6-8-15/h4-12H,13H2,1-3H3. The summed E-state index contributed by atoms with van der Waals surface area (Å²) >= 11 is 0. The van der Waals surface area contributed by atoms with Crippen LogP contribution in [0.2, 0.25) is 0 Å². The summed E-state index contributed by atoms with van der Waals surface area (Å²) in [5.74, 6) is 0.907. The van der Waals surface area contributed by atoms with Crippen molar-refractivity contribution in [3.63, 3.8) is 0 Å². The Morgan fingerprint density at radius 1 is 1.09 bits per heavy atom. The lowest BCUT2D eigenvalue weighted by molar-refractivity contribution is 0.309. The number of aromatic nitrogens is 1. The highest BCUT2D eigenvalue weighted by Gasteiger charge is 2.13. The zero-order valence-electron chi connectivity index (χ0n) is 13.2. The molecule has 3 aromatic rings. The fraction of sp³-hybridized carbons (Fsp3) is 0.211. The minimum absolute atomic E-state index is 0.554. The van der Waals surface area contributed by atoms with Gasteiger partial charge in [-0.05, 0) is 30.7 Å². The zero-order valence-corrected chi connectivity index (χ0v) is 13.2. The average molecular weight is 292 g/mol. The Kier molecular flexibility index (Phi) is 3.96. The number of benzene rings is 2.